The first kappa shape index (κ1) is 14.8. The largest absolute Gasteiger partial charge is 0.373 e. The summed E-state index contributed by atoms with van der Waals surface area (Å²) in [4.78, 5) is 18.6. The quantitative estimate of drug-likeness (QED) is 0.652. The molecule has 4 heteroatoms. The summed E-state index contributed by atoms with van der Waals surface area (Å²) in [6.07, 6.45) is 4.37. The van der Waals surface area contributed by atoms with Crippen LogP contribution in [0.3, 0.4) is 0 Å². The lowest BCUT2D eigenvalue weighted by molar-refractivity contribution is -0.116. The van der Waals surface area contributed by atoms with Gasteiger partial charge in [-0.15, -0.1) is 11.3 Å². The number of aromatic nitrogens is 1. The van der Waals surface area contributed by atoms with Crippen molar-refractivity contribution in [2.24, 2.45) is 0 Å². The van der Waals surface area contributed by atoms with Gasteiger partial charge in [-0.3, -0.25) is 9.78 Å². The summed E-state index contributed by atoms with van der Waals surface area (Å²) in [5.41, 5.74) is 6.73. The van der Waals surface area contributed by atoms with Crippen LogP contribution in [-0.4, -0.2) is 10.8 Å². The zero-order valence-electron chi connectivity index (χ0n) is 14.0. The number of ketones is 1. The number of hydrogen-bond donors (Lipinski definition) is 1. The molecule has 2 aliphatic rings. The van der Waals surface area contributed by atoms with E-state index in [0.29, 0.717) is 6.42 Å². The van der Waals surface area contributed by atoms with Gasteiger partial charge in [0.05, 0.1) is 11.6 Å². The van der Waals surface area contributed by atoms with Crippen molar-refractivity contribution in [1.29, 1.82) is 0 Å². The molecule has 25 heavy (non-hydrogen) atoms. The van der Waals surface area contributed by atoms with Gasteiger partial charge < -0.3 is 5.32 Å². The molecule has 5 rings (SSSR count). The highest BCUT2D eigenvalue weighted by molar-refractivity contribution is 7.10. The molecular formula is C21H18N2OS. The first-order chi connectivity index (χ1) is 12.2. The monoisotopic (exact) mass is 346 g/mol. The summed E-state index contributed by atoms with van der Waals surface area (Å²) in [5, 5.41) is 6.91. The summed E-state index contributed by atoms with van der Waals surface area (Å²) < 4.78 is 0. The van der Waals surface area contributed by atoms with Gasteiger partial charge in [0.1, 0.15) is 0 Å². The first-order valence-corrected chi connectivity index (χ1v) is 9.57. The molecule has 124 valence electrons. The molecule has 2 aromatic heterocycles. The number of Topliss-reactive ketones (excluding diaryl/α,β-unsaturated/α-hetero) is 1. The second-order valence-corrected chi connectivity index (χ2v) is 7.72. The molecule has 0 spiro atoms. The Bertz CT molecular complexity index is 1050. The van der Waals surface area contributed by atoms with Crippen LogP contribution in [0.2, 0.25) is 0 Å². The number of allylic oxidation sites excluding steroid dienone is 1. The fourth-order valence-electron chi connectivity index (χ4n) is 4.16. The fraction of sp³-hybridized carbons (Fsp3) is 0.238. The van der Waals surface area contributed by atoms with Crippen LogP contribution in [0.15, 0.2) is 47.5 Å². The lowest BCUT2D eigenvalue weighted by Gasteiger charge is -2.34. The van der Waals surface area contributed by atoms with Crippen LogP contribution in [0.5, 0.6) is 0 Å². The Kier molecular flexibility index (Phi) is 3.28. The van der Waals surface area contributed by atoms with E-state index in [-0.39, 0.29) is 11.8 Å². The van der Waals surface area contributed by atoms with E-state index in [1.165, 1.54) is 21.6 Å². The zero-order chi connectivity index (χ0) is 17.0. The number of aryl methyl sites for hydroxylation is 1. The third-order valence-electron chi connectivity index (χ3n) is 5.30. The van der Waals surface area contributed by atoms with Crippen LogP contribution in [0.4, 0.5) is 5.69 Å². The Labute approximate surface area is 150 Å². The number of nitrogens with zero attached hydrogens (tertiary/aromatic N) is 1. The molecule has 0 fully saturated rings. The minimum atomic E-state index is -0.0237. The molecule has 0 unspecified atom stereocenters. The van der Waals surface area contributed by atoms with Crippen LogP contribution in [0.1, 0.15) is 41.3 Å². The number of carbonyl (C=O) groups is 1. The Balaban J connectivity index is 1.82. The van der Waals surface area contributed by atoms with Crippen molar-refractivity contribution in [3.63, 3.8) is 0 Å². The number of benzene rings is 1. The van der Waals surface area contributed by atoms with E-state index >= 15 is 0 Å². The average molecular weight is 346 g/mol. The molecule has 3 aromatic rings. The highest BCUT2D eigenvalue weighted by atomic mass is 32.1. The van der Waals surface area contributed by atoms with E-state index in [0.717, 1.165) is 35.0 Å². The Morgan fingerprint density at radius 1 is 1.20 bits per heavy atom. The normalized spacial score (nSPS) is 19.6. The van der Waals surface area contributed by atoms with E-state index in [1.54, 1.807) is 11.3 Å². The fourth-order valence-corrected chi connectivity index (χ4v) is 5.15. The highest BCUT2D eigenvalue weighted by Crippen LogP contribution is 2.48. The lowest BCUT2D eigenvalue weighted by Crippen LogP contribution is -2.27. The van der Waals surface area contributed by atoms with E-state index < -0.39 is 0 Å². The molecule has 1 atom stereocenters. The van der Waals surface area contributed by atoms with Crippen molar-refractivity contribution in [2.45, 2.75) is 32.2 Å². The molecular weight excluding hydrogens is 328 g/mol. The molecule has 1 aliphatic heterocycles. The predicted octanol–water partition coefficient (Wildman–Crippen LogP) is 5.28. The van der Waals surface area contributed by atoms with Gasteiger partial charge >= 0.3 is 0 Å². The SMILES string of the molecule is Cc1ccsc1[C@H]1Nc2ccc3ncccc3c2C2=C1C(=O)CCC2. The minimum absolute atomic E-state index is 0.0237. The number of nitrogens with one attached hydrogen (secondary N) is 1. The van der Waals surface area contributed by atoms with Crippen LogP contribution in [0, 0.1) is 6.92 Å². The van der Waals surface area contributed by atoms with Crippen LogP contribution in [-0.2, 0) is 4.79 Å². The maximum absolute atomic E-state index is 12.9. The zero-order valence-corrected chi connectivity index (χ0v) is 14.8. The third-order valence-corrected chi connectivity index (χ3v) is 6.38. The van der Waals surface area contributed by atoms with Crippen LogP contribution in [0.25, 0.3) is 16.5 Å². The van der Waals surface area contributed by atoms with Crippen molar-refractivity contribution in [1.82, 2.24) is 4.98 Å². The lowest BCUT2D eigenvalue weighted by atomic mass is 9.78. The molecule has 0 saturated heterocycles. The number of rotatable bonds is 1. The Morgan fingerprint density at radius 2 is 2.12 bits per heavy atom. The molecule has 0 bridgehead atoms. The highest BCUT2D eigenvalue weighted by Gasteiger charge is 2.35. The minimum Gasteiger partial charge on any atom is -0.373 e. The number of carbonyl (C=O) groups excluding carboxylic acids is 1. The average Bonchev–Trinajstić information content (AvgIpc) is 3.06. The smallest absolute Gasteiger partial charge is 0.161 e. The van der Waals surface area contributed by atoms with Gasteiger partial charge in [-0.25, -0.2) is 0 Å². The van der Waals surface area contributed by atoms with E-state index in [9.17, 15) is 4.79 Å². The Morgan fingerprint density at radius 3 is 2.96 bits per heavy atom. The van der Waals surface area contributed by atoms with Gasteiger partial charge in [0.2, 0.25) is 0 Å². The summed E-state index contributed by atoms with van der Waals surface area (Å²) in [5.74, 6) is 0.290. The maximum atomic E-state index is 12.9. The second kappa shape index (κ2) is 5.53. The number of fused-ring (bicyclic) bond motifs is 4. The standard InChI is InChI=1S/C21H18N2OS/c1-12-9-11-25-21(12)20-19-14(4-2-6-17(19)24)18-13-5-3-10-22-15(13)7-8-16(18)23-20/h3,5,7-11,20,23H,2,4,6H2,1H3/t20-/m0/s1. The van der Waals surface area contributed by atoms with Crippen molar-refractivity contribution < 1.29 is 4.79 Å². The number of anilines is 1. The summed E-state index contributed by atoms with van der Waals surface area (Å²) in [6.45, 7) is 2.13. The van der Waals surface area contributed by atoms with Gasteiger partial charge in [0.25, 0.3) is 0 Å². The molecule has 1 N–H and O–H groups in total. The number of hydrogen-bond acceptors (Lipinski definition) is 4. The summed E-state index contributed by atoms with van der Waals surface area (Å²) >= 11 is 1.73. The summed E-state index contributed by atoms with van der Waals surface area (Å²) in [6, 6.07) is 10.4. The molecule has 1 aromatic carbocycles. The van der Waals surface area contributed by atoms with Crippen molar-refractivity contribution in [3.05, 3.63) is 63.5 Å². The summed E-state index contributed by atoms with van der Waals surface area (Å²) in [7, 11) is 0. The van der Waals surface area contributed by atoms with Gasteiger partial charge in [-0.05, 0) is 60.5 Å². The van der Waals surface area contributed by atoms with Crippen molar-refractivity contribution >= 4 is 39.3 Å². The van der Waals surface area contributed by atoms with E-state index in [2.05, 4.69) is 46.9 Å². The van der Waals surface area contributed by atoms with Crippen molar-refractivity contribution in [3.8, 4) is 0 Å². The van der Waals surface area contributed by atoms with Gasteiger partial charge in [-0.2, -0.15) is 0 Å². The first-order valence-electron chi connectivity index (χ1n) is 8.69. The molecule has 3 nitrogen and oxygen atoms in total. The Hall–Kier alpha value is -2.46. The predicted molar refractivity (Wildman–Crippen MR) is 103 cm³/mol. The van der Waals surface area contributed by atoms with Gasteiger partial charge in [0.15, 0.2) is 5.78 Å². The number of pyridine rings is 1. The van der Waals surface area contributed by atoms with Gasteiger partial charge in [-0.1, -0.05) is 6.07 Å². The molecule has 1 aliphatic carbocycles. The molecule has 0 saturated carbocycles. The number of thiophene rings is 1. The second-order valence-electron chi connectivity index (χ2n) is 6.77. The van der Waals surface area contributed by atoms with E-state index in [1.807, 2.05) is 12.3 Å². The topological polar surface area (TPSA) is 42.0 Å². The third kappa shape index (κ3) is 2.17. The maximum Gasteiger partial charge on any atom is 0.161 e. The van der Waals surface area contributed by atoms with Crippen LogP contribution >= 0.6 is 11.3 Å². The van der Waals surface area contributed by atoms with Crippen LogP contribution < -0.4 is 5.32 Å². The molecule has 0 radical (unpaired) electrons. The molecule has 3 heterocycles. The molecule has 0 amide bonds. The van der Waals surface area contributed by atoms with Crippen molar-refractivity contribution in [2.75, 3.05) is 5.32 Å². The van der Waals surface area contributed by atoms with Gasteiger partial charge in [0, 0.05) is 39.7 Å². The van der Waals surface area contributed by atoms with E-state index in [4.69, 9.17) is 0 Å².